The molecule has 0 bridgehead atoms. The number of halogens is 2. The first-order chi connectivity index (χ1) is 16.6. The quantitative estimate of drug-likeness (QED) is 0.308. The fourth-order valence-electron chi connectivity index (χ4n) is 3.17. The zero-order valence-electron chi connectivity index (χ0n) is 18.7. The largest absolute Gasteiger partial charge is 0.299 e. The molecule has 0 unspecified atom stereocenters. The molecule has 0 aliphatic rings. The first-order valence-corrected chi connectivity index (χ1v) is 13.4. The third-order valence-electron chi connectivity index (χ3n) is 5.06. The summed E-state index contributed by atoms with van der Waals surface area (Å²) in [6.45, 7) is 3.33. The summed E-state index contributed by atoms with van der Waals surface area (Å²) in [6.07, 6.45) is 0. The van der Waals surface area contributed by atoms with Crippen LogP contribution < -0.4 is 9.62 Å². The third kappa shape index (κ3) is 5.82. The van der Waals surface area contributed by atoms with Crippen molar-refractivity contribution in [1.29, 1.82) is 0 Å². The van der Waals surface area contributed by atoms with E-state index in [1.165, 1.54) is 41.7 Å². The lowest BCUT2D eigenvalue weighted by Gasteiger charge is -2.24. The van der Waals surface area contributed by atoms with Crippen LogP contribution in [0.4, 0.5) is 10.8 Å². The van der Waals surface area contributed by atoms with Gasteiger partial charge in [-0.05, 0) is 44.2 Å². The average Bonchev–Trinajstić information content (AvgIpc) is 3.28. The van der Waals surface area contributed by atoms with Crippen molar-refractivity contribution in [3.63, 3.8) is 0 Å². The van der Waals surface area contributed by atoms with Gasteiger partial charge < -0.3 is 0 Å². The van der Waals surface area contributed by atoms with Gasteiger partial charge in [0.15, 0.2) is 0 Å². The fourth-order valence-corrected chi connectivity index (χ4v) is 5.64. The topological polar surface area (TPSA) is 92.3 Å². The number of aryl methyl sites for hydroxylation is 2. The van der Waals surface area contributed by atoms with Crippen LogP contribution in [0.1, 0.15) is 11.1 Å². The van der Waals surface area contributed by atoms with Crippen LogP contribution in [-0.4, -0.2) is 31.1 Å². The van der Waals surface area contributed by atoms with Crippen molar-refractivity contribution in [3.05, 3.63) is 87.9 Å². The van der Waals surface area contributed by atoms with E-state index in [0.717, 1.165) is 21.0 Å². The Morgan fingerprint density at radius 3 is 2.17 bits per heavy atom. The number of anilines is 2. The second kappa shape index (κ2) is 10.3. The lowest BCUT2D eigenvalue weighted by Crippen LogP contribution is -2.38. The Hall–Kier alpha value is -2.98. The highest BCUT2D eigenvalue weighted by atomic mass is 35.5. The van der Waals surface area contributed by atoms with Gasteiger partial charge in [0.1, 0.15) is 11.6 Å². The minimum atomic E-state index is -4.09. The molecular formula is C24H20Cl2N4O3S2. The SMILES string of the molecule is Cc1ccc(-c2nnc(NC(=O)CN(c3ccc(Cl)c(Cl)c3)S(=O)(=O)c3ccc(C)cc3)s2)cc1. The minimum absolute atomic E-state index is 0.0412. The molecule has 0 aliphatic carbocycles. The molecule has 1 amide bonds. The molecule has 3 aromatic carbocycles. The Labute approximate surface area is 217 Å². The van der Waals surface area contributed by atoms with E-state index in [1.807, 2.05) is 38.1 Å². The molecule has 1 heterocycles. The van der Waals surface area contributed by atoms with Gasteiger partial charge in [-0.25, -0.2) is 8.42 Å². The molecule has 0 atom stereocenters. The van der Waals surface area contributed by atoms with Gasteiger partial charge in [-0.3, -0.25) is 14.4 Å². The number of nitrogens with one attached hydrogen (secondary N) is 1. The van der Waals surface area contributed by atoms with Crippen LogP contribution in [0, 0.1) is 13.8 Å². The number of carbonyl (C=O) groups is 1. The summed E-state index contributed by atoms with van der Waals surface area (Å²) in [7, 11) is -4.09. The normalized spacial score (nSPS) is 11.3. The van der Waals surface area contributed by atoms with Gasteiger partial charge in [-0.15, -0.1) is 10.2 Å². The zero-order chi connectivity index (χ0) is 25.2. The lowest BCUT2D eigenvalue weighted by molar-refractivity contribution is -0.114. The van der Waals surface area contributed by atoms with E-state index in [-0.39, 0.29) is 25.8 Å². The van der Waals surface area contributed by atoms with E-state index in [9.17, 15) is 13.2 Å². The number of hydrogen-bond donors (Lipinski definition) is 1. The maximum absolute atomic E-state index is 13.5. The van der Waals surface area contributed by atoms with Gasteiger partial charge in [-0.1, -0.05) is 82.1 Å². The molecular weight excluding hydrogens is 527 g/mol. The van der Waals surface area contributed by atoms with Crippen molar-refractivity contribution in [2.24, 2.45) is 0 Å². The van der Waals surface area contributed by atoms with Crippen LogP contribution in [0.25, 0.3) is 10.6 Å². The highest BCUT2D eigenvalue weighted by Gasteiger charge is 2.28. The van der Waals surface area contributed by atoms with Crippen molar-refractivity contribution in [1.82, 2.24) is 10.2 Å². The Balaban J connectivity index is 1.60. The summed E-state index contributed by atoms with van der Waals surface area (Å²) in [5.41, 5.74) is 3.09. The first kappa shape index (κ1) is 25.1. The van der Waals surface area contributed by atoms with Gasteiger partial charge in [-0.2, -0.15) is 0 Å². The number of rotatable bonds is 7. The number of sulfonamides is 1. The molecule has 0 fully saturated rings. The fraction of sp³-hybridized carbons (Fsp3) is 0.125. The van der Waals surface area contributed by atoms with Gasteiger partial charge in [0, 0.05) is 5.56 Å². The Morgan fingerprint density at radius 1 is 0.914 bits per heavy atom. The smallest absolute Gasteiger partial charge is 0.264 e. The van der Waals surface area contributed by atoms with Crippen LogP contribution in [0.2, 0.25) is 10.0 Å². The molecule has 0 saturated carbocycles. The summed E-state index contributed by atoms with van der Waals surface area (Å²) in [4.78, 5) is 13.0. The summed E-state index contributed by atoms with van der Waals surface area (Å²) >= 11 is 13.3. The molecule has 1 aromatic heterocycles. The molecule has 0 saturated heterocycles. The third-order valence-corrected chi connectivity index (χ3v) is 8.47. The summed E-state index contributed by atoms with van der Waals surface area (Å²) in [5, 5.41) is 12.1. The van der Waals surface area contributed by atoms with E-state index in [2.05, 4.69) is 15.5 Å². The van der Waals surface area contributed by atoms with E-state index in [1.54, 1.807) is 12.1 Å². The van der Waals surface area contributed by atoms with Gasteiger partial charge in [0.05, 0.1) is 20.6 Å². The molecule has 0 spiro atoms. The maximum Gasteiger partial charge on any atom is 0.264 e. The molecule has 4 aromatic rings. The minimum Gasteiger partial charge on any atom is -0.299 e. The van der Waals surface area contributed by atoms with Crippen molar-refractivity contribution in [3.8, 4) is 10.6 Å². The van der Waals surface area contributed by atoms with Crippen molar-refractivity contribution in [2.45, 2.75) is 18.7 Å². The molecule has 0 radical (unpaired) electrons. The molecule has 4 rings (SSSR count). The Bertz CT molecular complexity index is 1470. The van der Waals surface area contributed by atoms with Crippen LogP contribution in [0.3, 0.4) is 0 Å². The molecule has 11 heteroatoms. The van der Waals surface area contributed by atoms with Gasteiger partial charge in [0.25, 0.3) is 10.0 Å². The molecule has 0 aliphatic heterocycles. The molecule has 35 heavy (non-hydrogen) atoms. The van der Waals surface area contributed by atoms with E-state index < -0.39 is 22.5 Å². The number of aromatic nitrogens is 2. The Kier molecular flexibility index (Phi) is 7.42. The number of hydrogen-bond acceptors (Lipinski definition) is 6. The second-order valence-electron chi connectivity index (χ2n) is 7.75. The van der Waals surface area contributed by atoms with E-state index in [0.29, 0.717) is 5.01 Å². The van der Waals surface area contributed by atoms with Gasteiger partial charge >= 0.3 is 0 Å². The number of benzene rings is 3. The average molecular weight is 547 g/mol. The monoisotopic (exact) mass is 546 g/mol. The molecule has 7 nitrogen and oxygen atoms in total. The Morgan fingerprint density at radius 2 is 1.54 bits per heavy atom. The van der Waals surface area contributed by atoms with Crippen LogP contribution in [0.15, 0.2) is 71.6 Å². The summed E-state index contributed by atoms with van der Waals surface area (Å²) in [5.74, 6) is -0.585. The number of carbonyl (C=O) groups excluding carboxylic acids is 1. The first-order valence-electron chi connectivity index (χ1n) is 10.4. The number of amides is 1. The van der Waals surface area contributed by atoms with Gasteiger partial charge in [0.2, 0.25) is 11.0 Å². The number of nitrogens with zero attached hydrogens (tertiary/aromatic N) is 3. The maximum atomic E-state index is 13.5. The van der Waals surface area contributed by atoms with Crippen LogP contribution in [0.5, 0.6) is 0 Å². The van der Waals surface area contributed by atoms with Crippen LogP contribution >= 0.6 is 34.5 Å². The summed E-state index contributed by atoms with van der Waals surface area (Å²) in [6, 6.07) is 18.5. The lowest BCUT2D eigenvalue weighted by atomic mass is 10.2. The van der Waals surface area contributed by atoms with Crippen LogP contribution in [-0.2, 0) is 14.8 Å². The second-order valence-corrected chi connectivity index (χ2v) is 11.4. The zero-order valence-corrected chi connectivity index (χ0v) is 21.8. The summed E-state index contributed by atoms with van der Waals surface area (Å²) < 4.78 is 28.0. The van der Waals surface area contributed by atoms with E-state index in [4.69, 9.17) is 23.2 Å². The van der Waals surface area contributed by atoms with Crippen molar-refractivity contribution in [2.75, 3.05) is 16.2 Å². The highest BCUT2D eigenvalue weighted by Crippen LogP contribution is 2.31. The predicted octanol–water partition coefficient (Wildman–Crippen LogP) is 5.96. The van der Waals surface area contributed by atoms with Crippen molar-refractivity contribution >= 4 is 61.3 Å². The van der Waals surface area contributed by atoms with E-state index >= 15 is 0 Å². The predicted molar refractivity (Wildman–Crippen MR) is 141 cm³/mol. The standard InChI is InChI=1S/C24H20Cl2N4O3S2/c1-15-3-7-17(8-4-15)23-28-29-24(34-23)27-22(31)14-30(18-9-12-20(25)21(26)13-18)35(32,33)19-10-5-16(2)6-11-19/h3-13H,14H2,1-2H3,(H,27,29,31). The highest BCUT2D eigenvalue weighted by molar-refractivity contribution is 7.92. The molecule has 180 valence electrons. The van der Waals surface area contributed by atoms with Crippen molar-refractivity contribution < 1.29 is 13.2 Å². The molecule has 1 N–H and O–H groups in total.